The Labute approximate surface area is 280 Å². The molecule has 0 unspecified atom stereocenters. The van der Waals surface area contributed by atoms with Gasteiger partial charge < -0.3 is 0 Å². The molecule has 48 heavy (non-hydrogen) atoms. The molecule has 6 heteroatoms. The Bertz CT molecular complexity index is 1950. The Morgan fingerprint density at radius 1 is 0.500 bits per heavy atom. The van der Waals surface area contributed by atoms with E-state index in [-0.39, 0.29) is 48.6 Å². The van der Waals surface area contributed by atoms with Crippen molar-refractivity contribution in [3.05, 3.63) is 141 Å². The summed E-state index contributed by atoms with van der Waals surface area (Å²) in [6, 6.07) is 27.9. The molecule has 4 amide bonds. The highest BCUT2D eigenvalue weighted by atomic mass is 16.2. The average Bonchev–Trinajstić information content (AvgIpc) is 3.10. The van der Waals surface area contributed by atoms with E-state index in [1.165, 1.54) is 9.80 Å². The number of carbonyl (C=O) groups excluding carboxylic acids is 4. The van der Waals surface area contributed by atoms with E-state index in [0.717, 1.165) is 59.1 Å². The number of imide groups is 2. The summed E-state index contributed by atoms with van der Waals surface area (Å²) in [5.74, 6) is -1.76. The number of unbranched alkanes of at least 4 members (excludes halogenated alkanes) is 4. The standard InChI is InChI=1S/C42H38N2O4/c1-3-5-11-23-43-37(45)29-19-13-17-27-33-25-15-7-9-21-31(25)41(35(27)29,39(43)47)42-32-22-10-8-16-26(32)34(33)28-18-14-20-30(36(28)42)38(46)44(40(42)48)24-12-6-4-2/h7-10,13-22,33-34H,3-6,11-12,23-24H2,1-2H3/t33-,34+,41+,42-. The molecule has 6 aliphatic carbocycles. The lowest BCUT2D eigenvalue weighted by Gasteiger charge is -2.64. The molecule has 0 aromatic heterocycles. The number of hydrogen-bond donors (Lipinski definition) is 0. The Morgan fingerprint density at radius 3 is 1.31 bits per heavy atom. The molecule has 0 N–H and O–H groups in total. The van der Waals surface area contributed by atoms with Crippen LogP contribution < -0.4 is 0 Å². The third kappa shape index (κ3) is 3.19. The van der Waals surface area contributed by atoms with E-state index in [2.05, 4.69) is 38.1 Å². The van der Waals surface area contributed by atoms with Gasteiger partial charge in [-0.15, -0.1) is 0 Å². The number of amides is 4. The number of nitrogens with zero attached hydrogens (tertiary/aromatic N) is 2. The molecule has 4 aromatic rings. The van der Waals surface area contributed by atoms with Gasteiger partial charge in [0, 0.05) is 36.1 Å². The van der Waals surface area contributed by atoms with Gasteiger partial charge in [0.2, 0.25) is 11.8 Å². The first-order chi connectivity index (χ1) is 23.5. The fourth-order valence-electron chi connectivity index (χ4n) is 10.3. The van der Waals surface area contributed by atoms with Crippen LogP contribution in [0.3, 0.4) is 0 Å². The van der Waals surface area contributed by atoms with Crippen molar-refractivity contribution in [1.29, 1.82) is 0 Å². The molecule has 6 nitrogen and oxygen atoms in total. The van der Waals surface area contributed by atoms with E-state index in [4.69, 9.17) is 0 Å². The number of carbonyl (C=O) groups is 4. The predicted molar refractivity (Wildman–Crippen MR) is 182 cm³/mol. The van der Waals surface area contributed by atoms with Gasteiger partial charge >= 0.3 is 0 Å². The average molecular weight is 635 g/mol. The zero-order valence-corrected chi connectivity index (χ0v) is 27.4. The maximum Gasteiger partial charge on any atom is 0.260 e. The minimum absolute atomic E-state index is 0.227. The molecular formula is C42H38N2O4. The lowest BCUT2D eigenvalue weighted by atomic mass is 9.38. The summed E-state index contributed by atoms with van der Waals surface area (Å²) in [5.41, 5.74) is 4.51. The van der Waals surface area contributed by atoms with Crippen LogP contribution in [0.1, 0.15) is 129 Å². The van der Waals surface area contributed by atoms with E-state index < -0.39 is 10.8 Å². The summed E-state index contributed by atoms with van der Waals surface area (Å²) in [7, 11) is 0. The summed E-state index contributed by atoms with van der Waals surface area (Å²) in [5, 5.41) is 0. The topological polar surface area (TPSA) is 74.8 Å². The van der Waals surface area contributed by atoms with Gasteiger partial charge in [-0.05, 0) is 69.5 Å². The van der Waals surface area contributed by atoms with Gasteiger partial charge in [0.1, 0.15) is 10.8 Å². The summed E-state index contributed by atoms with van der Waals surface area (Å²) >= 11 is 0. The Morgan fingerprint density at radius 2 is 0.896 bits per heavy atom. The fourth-order valence-corrected chi connectivity index (χ4v) is 10.3. The highest BCUT2D eigenvalue weighted by Crippen LogP contribution is 2.71. The predicted octanol–water partition coefficient (Wildman–Crippen LogP) is 7.21. The van der Waals surface area contributed by atoms with Crippen molar-refractivity contribution in [2.75, 3.05) is 13.1 Å². The molecule has 4 bridgehead atoms. The molecule has 12 rings (SSSR count). The maximum atomic E-state index is 16.1. The summed E-state index contributed by atoms with van der Waals surface area (Å²) < 4.78 is 0. The van der Waals surface area contributed by atoms with Crippen molar-refractivity contribution in [3.63, 3.8) is 0 Å². The monoisotopic (exact) mass is 634 g/mol. The van der Waals surface area contributed by atoms with Crippen molar-refractivity contribution in [2.24, 2.45) is 0 Å². The van der Waals surface area contributed by atoms with Gasteiger partial charge in [0.05, 0.1) is 0 Å². The number of hydrogen-bond acceptors (Lipinski definition) is 4. The first-order valence-corrected chi connectivity index (χ1v) is 17.6. The zero-order chi connectivity index (χ0) is 32.9. The number of rotatable bonds is 8. The Balaban J connectivity index is 1.51. The molecule has 2 aliphatic heterocycles. The first kappa shape index (κ1) is 29.3. The molecule has 0 fully saturated rings. The molecular weight excluding hydrogens is 596 g/mol. The number of benzene rings is 4. The normalized spacial score (nSPS) is 25.4. The van der Waals surface area contributed by atoms with Crippen LogP contribution >= 0.6 is 0 Å². The van der Waals surface area contributed by atoms with Gasteiger partial charge in [-0.25, -0.2) is 0 Å². The van der Waals surface area contributed by atoms with E-state index >= 15 is 9.59 Å². The molecule has 2 spiro atoms. The van der Waals surface area contributed by atoms with E-state index in [9.17, 15) is 9.59 Å². The second-order valence-corrected chi connectivity index (χ2v) is 14.1. The van der Waals surface area contributed by atoms with Crippen LogP contribution in [0, 0.1) is 0 Å². The SMILES string of the molecule is CCCCCN1C(=O)c2cccc3c2[C@]2(C1=O)c1ccccc1[C@H]3[C@H]1c3ccccc3[C@@]23C(=O)N(CCCCC)C(=O)c2cccc1c23. The highest BCUT2D eigenvalue weighted by molar-refractivity contribution is 6.24. The Hall–Kier alpha value is -4.84. The van der Waals surface area contributed by atoms with E-state index in [1.54, 1.807) is 0 Å². The van der Waals surface area contributed by atoms with Crippen LogP contribution in [-0.2, 0) is 20.4 Å². The van der Waals surface area contributed by atoms with Crippen LogP contribution in [-0.4, -0.2) is 46.5 Å². The molecule has 240 valence electrons. The third-order valence-electron chi connectivity index (χ3n) is 12.0. The molecule has 2 heterocycles. The second kappa shape index (κ2) is 10.3. The molecule has 0 saturated carbocycles. The van der Waals surface area contributed by atoms with Crippen molar-refractivity contribution in [2.45, 2.75) is 75.0 Å². The summed E-state index contributed by atoms with van der Waals surface area (Å²) in [4.78, 5) is 64.1. The van der Waals surface area contributed by atoms with Gasteiger partial charge in [0.25, 0.3) is 11.8 Å². The lowest BCUT2D eigenvalue weighted by molar-refractivity contribution is -0.146. The van der Waals surface area contributed by atoms with E-state index in [0.29, 0.717) is 35.1 Å². The second-order valence-electron chi connectivity index (χ2n) is 14.1. The Kier molecular flexibility index (Phi) is 6.31. The largest absolute Gasteiger partial charge is 0.277 e. The van der Waals surface area contributed by atoms with Crippen LogP contribution in [0.25, 0.3) is 0 Å². The van der Waals surface area contributed by atoms with Crippen molar-refractivity contribution in [3.8, 4) is 0 Å². The molecule has 4 atom stereocenters. The van der Waals surface area contributed by atoms with Gasteiger partial charge in [0.15, 0.2) is 0 Å². The van der Waals surface area contributed by atoms with Crippen LogP contribution in [0.2, 0.25) is 0 Å². The van der Waals surface area contributed by atoms with Crippen LogP contribution in [0.15, 0.2) is 84.9 Å². The highest BCUT2D eigenvalue weighted by Gasteiger charge is 2.76. The van der Waals surface area contributed by atoms with Crippen LogP contribution in [0.4, 0.5) is 0 Å². The summed E-state index contributed by atoms with van der Waals surface area (Å²) in [6.07, 6.45) is 4.97. The van der Waals surface area contributed by atoms with Gasteiger partial charge in [-0.3, -0.25) is 29.0 Å². The van der Waals surface area contributed by atoms with Crippen molar-refractivity contribution < 1.29 is 19.2 Å². The summed E-state index contributed by atoms with van der Waals surface area (Å²) in [6.45, 7) is 4.74. The minimum atomic E-state index is -1.61. The van der Waals surface area contributed by atoms with E-state index in [1.807, 2.05) is 60.7 Å². The molecule has 0 radical (unpaired) electrons. The minimum Gasteiger partial charge on any atom is -0.277 e. The van der Waals surface area contributed by atoms with Crippen molar-refractivity contribution in [1.82, 2.24) is 9.80 Å². The van der Waals surface area contributed by atoms with Gasteiger partial charge in [-0.2, -0.15) is 0 Å². The first-order valence-electron chi connectivity index (χ1n) is 17.6. The fraction of sp³-hybridized carbons (Fsp3) is 0.333. The quantitative estimate of drug-likeness (QED) is 0.152. The molecule has 8 aliphatic rings. The zero-order valence-electron chi connectivity index (χ0n) is 27.4. The maximum absolute atomic E-state index is 16.1. The lowest BCUT2D eigenvalue weighted by Crippen LogP contribution is -2.74. The van der Waals surface area contributed by atoms with Gasteiger partial charge in [-0.1, -0.05) is 112 Å². The molecule has 0 saturated heterocycles. The smallest absolute Gasteiger partial charge is 0.260 e. The van der Waals surface area contributed by atoms with Crippen molar-refractivity contribution >= 4 is 23.6 Å². The third-order valence-corrected chi connectivity index (χ3v) is 12.0. The van der Waals surface area contributed by atoms with Crippen LogP contribution in [0.5, 0.6) is 0 Å². The molecule has 4 aromatic carbocycles.